The van der Waals surface area contributed by atoms with Crippen LogP contribution in [0.1, 0.15) is 119 Å². The number of nitro benzene ring substituents is 1. The molecule has 0 saturated heterocycles. The zero-order valence-corrected chi connectivity index (χ0v) is 42.7. The van der Waals surface area contributed by atoms with Gasteiger partial charge in [-0.3, -0.25) is 19.7 Å². The number of terminal acetylenes is 2. The van der Waals surface area contributed by atoms with Gasteiger partial charge in [-0.05, 0) is 117 Å². The van der Waals surface area contributed by atoms with Crippen LogP contribution in [0.15, 0.2) is 60.7 Å². The third kappa shape index (κ3) is 20.4. The molecule has 0 aliphatic rings. The second-order valence-electron chi connectivity index (χ2n) is 15.5. The van der Waals surface area contributed by atoms with E-state index >= 15 is 0 Å². The average molecular weight is 1020 g/mol. The van der Waals surface area contributed by atoms with Crippen molar-refractivity contribution in [2.24, 2.45) is 0 Å². The smallest absolute Gasteiger partial charge is 0.394 e. The quantitative estimate of drug-likeness (QED) is 0.0223. The van der Waals surface area contributed by atoms with E-state index in [0.29, 0.717) is 28.4 Å². The number of carbonyl (C=O) groups is 4. The van der Waals surface area contributed by atoms with Crippen molar-refractivity contribution in [3.63, 3.8) is 0 Å². The summed E-state index contributed by atoms with van der Waals surface area (Å²) in [5.74, 6) is 8.78. The Morgan fingerprint density at radius 2 is 0.986 bits per heavy atom. The summed E-state index contributed by atoms with van der Waals surface area (Å²) < 4.78 is 42.9. The molecule has 0 unspecified atom stereocenters. The highest BCUT2D eigenvalue weighted by molar-refractivity contribution is 6.82. The number of nitrogens with zero attached hydrogens (tertiary/aromatic N) is 1. The molecule has 4 N–H and O–H groups in total. The molecule has 392 valence electrons. The van der Waals surface area contributed by atoms with Crippen molar-refractivity contribution in [1.82, 2.24) is 0 Å². The molecule has 4 aromatic rings. The SMILES string of the molecule is C.C.C#CB(C#C)C#CC.COc1c(C(=O)Nc2ccc(C(=O)OC(C)C)cc2OC(C)C)ccc([N+](=O)[O-])c1OC.COc1c(N)ccc(C(=O)Nc2ccc(C(=O)OC(C)C)cc2OC(C)C)c1OC.[B].[B]. The van der Waals surface area contributed by atoms with E-state index in [9.17, 15) is 29.3 Å². The topological polar surface area (TPSA) is 235 Å². The number of nitrogens with one attached hydrogen (secondary N) is 2. The Hall–Kier alpha value is -8.37. The number of ether oxygens (including phenoxy) is 8. The van der Waals surface area contributed by atoms with Gasteiger partial charge in [0.05, 0.1) is 97.1 Å². The number of hydrogen-bond acceptors (Lipinski definition) is 15. The van der Waals surface area contributed by atoms with Gasteiger partial charge < -0.3 is 54.3 Å². The first-order chi connectivity index (χ1) is 33.1. The van der Waals surface area contributed by atoms with Gasteiger partial charge in [0.25, 0.3) is 11.8 Å². The first-order valence-corrected chi connectivity index (χ1v) is 21.5. The van der Waals surface area contributed by atoms with E-state index in [4.69, 9.17) is 56.5 Å². The highest BCUT2D eigenvalue weighted by Gasteiger charge is 2.27. The highest BCUT2D eigenvalue weighted by atomic mass is 16.6. The zero-order chi connectivity index (χ0) is 52.8. The van der Waals surface area contributed by atoms with Crippen molar-refractivity contribution >= 4 is 70.0 Å². The fraction of sp³-hybridized carbons (Fsp3) is 0.358. The van der Waals surface area contributed by atoms with Crippen LogP contribution in [0.2, 0.25) is 0 Å². The number of nitrogen functional groups attached to an aromatic ring is 1. The summed E-state index contributed by atoms with van der Waals surface area (Å²) in [4.78, 5) is 61.0. The van der Waals surface area contributed by atoms with Crippen LogP contribution in [0.5, 0.6) is 34.5 Å². The molecule has 0 spiro atoms. The molecule has 0 aromatic heterocycles. The van der Waals surface area contributed by atoms with Gasteiger partial charge in [0.15, 0.2) is 17.2 Å². The van der Waals surface area contributed by atoms with Gasteiger partial charge in [0.1, 0.15) is 11.5 Å². The van der Waals surface area contributed by atoms with E-state index < -0.39 is 28.7 Å². The third-order valence-electron chi connectivity index (χ3n) is 8.70. The fourth-order valence-electron chi connectivity index (χ4n) is 5.87. The molecule has 0 aliphatic carbocycles. The summed E-state index contributed by atoms with van der Waals surface area (Å²) in [5, 5.41) is 16.7. The van der Waals surface area contributed by atoms with Crippen LogP contribution < -0.4 is 44.8 Å². The molecule has 21 heteroatoms. The summed E-state index contributed by atoms with van der Waals surface area (Å²) >= 11 is 0. The van der Waals surface area contributed by atoms with Gasteiger partial charge >= 0.3 is 24.3 Å². The Morgan fingerprint density at radius 1 is 0.608 bits per heavy atom. The monoisotopic (exact) mass is 1020 g/mol. The molecule has 0 atom stereocenters. The summed E-state index contributed by atoms with van der Waals surface area (Å²) in [7, 11) is 5.40. The van der Waals surface area contributed by atoms with Gasteiger partial charge in [0.2, 0.25) is 5.75 Å². The number of esters is 2. The molecular weight excluding hydrogens is 949 g/mol. The molecule has 6 radical (unpaired) electrons. The molecule has 0 heterocycles. The lowest BCUT2D eigenvalue weighted by Crippen LogP contribution is -2.17. The van der Waals surface area contributed by atoms with E-state index in [2.05, 4.69) is 34.0 Å². The molecule has 4 rings (SSSR count). The number of nitro groups is 1. The lowest BCUT2D eigenvalue weighted by Gasteiger charge is -2.18. The number of rotatable bonds is 17. The van der Waals surface area contributed by atoms with Crippen LogP contribution in [-0.2, 0) is 9.47 Å². The molecule has 0 saturated carbocycles. The Morgan fingerprint density at radius 3 is 1.30 bits per heavy atom. The zero-order valence-electron chi connectivity index (χ0n) is 42.7. The van der Waals surface area contributed by atoms with E-state index in [1.165, 1.54) is 52.7 Å². The maximum atomic E-state index is 13.0. The molecule has 0 aliphatic heterocycles. The predicted octanol–water partition coefficient (Wildman–Crippen LogP) is 9.01. The van der Waals surface area contributed by atoms with Crippen molar-refractivity contribution < 1.29 is 62.0 Å². The molecule has 2 amide bonds. The van der Waals surface area contributed by atoms with E-state index in [1.54, 1.807) is 78.8 Å². The standard InChI is InChI=1S/C22H26N2O8.C22H28N2O6.C7H5B.2CH4.2B/c1-12(2)31-18-11-14(22(26)32-13(3)4)7-9-16(18)23-21(25)15-8-10-17(24(27)28)20(30-6)19(15)29-5;1-12(2)29-18-11-14(22(26)30-13(3)4)7-10-17(18)24-21(25)15-8-9-16(23)20(28-6)19(15)27-5;1-4-7-8(5-2)6-3;;;;/h7-13H,1-6H3,(H,23,25);7-13H,23H2,1-6H3,(H,24,25);2-3H,1H3;2*1H4;;. The van der Waals surface area contributed by atoms with Crippen molar-refractivity contribution in [3.8, 4) is 70.7 Å². The molecule has 18 nitrogen and oxygen atoms in total. The first kappa shape index (κ1) is 69.9. The van der Waals surface area contributed by atoms with Crippen molar-refractivity contribution in [2.75, 3.05) is 44.8 Å². The second kappa shape index (κ2) is 34.1. The second-order valence-corrected chi connectivity index (χ2v) is 15.5. The van der Waals surface area contributed by atoms with Crippen molar-refractivity contribution in [3.05, 3.63) is 93.0 Å². The highest BCUT2D eigenvalue weighted by Crippen LogP contribution is 2.41. The van der Waals surface area contributed by atoms with Gasteiger partial charge in [-0.2, -0.15) is 0 Å². The van der Waals surface area contributed by atoms with E-state index in [0.717, 1.165) is 6.07 Å². The number of methoxy groups -OCH3 is 4. The summed E-state index contributed by atoms with van der Waals surface area (Å²) in [6, 6.07) is 14.7. The molecular formula is C53H67B3N4O14. The summed E-state index contributed by atoms with van der Waals surface area (Å²) in [6.07, 6.45) is 8.99. The lowest BCUT2D eigenvalue weighted by molar-refractivity contribution is -0.385. The number of nitrogens with two attached hydrogens (primary N) is 1. The molecule has 0 fully saturated rings. The Balaban J connectivity index is -0.00000113. The predicted molar refractivity (Wildman–Crippen MR) is 293 cm³/mol. The first-order valence-electron chi connectivity index (χ1n) is 21.5. The normalized spacial score (nSPS) is 9.45. The Kier molecular flexibility index (Phi) is 32.2. The van der Waals surface area contributed by atoms with E-state index in [1.807, 2.05) is 13.8 Å². The van der Waals surface area contributed by atoms with Crippen molar-refractivity contribution in [1.29, 1.82) is 0 Å². The minimum Gasteiger partial charge on any atom is -0.492 e. The van der Waals surface area contributed by atoms with E-state index in [-0.39, 0.29) is 114 Å². The van der Waals surface area contributed by atoms with Crippen LogP contribution in [0.3, 0.4) is 0 Å². The number of benzene rings is 4. The minimum absolute atomic E-state index is 0. The maximum Gasteiger partial charge on any atom is 0.394 e. The van der Waals surface area contributed by atoms with Gasteiger partial charge in [-0.15, -0.1) is 36.2 Å². The van der Waals surface area contributed by atoms with Gasteiger partial charge in [-0.1, -0.05) is 14.9 Å². The summed E-state index contributed by atoms with van der Waals surface area (Å²) in [6.45, 7) is 15.7. The lowest BCUT2D eigenvalue weighted by atomic mass is 9.53. The molecule has 0 bridgehead atoms. The van der Waals surface area contributed by atoms with Crippen LogP contribution in [0, 0.1) is 46.3 Å². The van der Waals surface area contributed by atoms with Crippen LogP contribution >= 0.6 is 0 Å². The summed E-state index contributed by atoms with van der Waals surface area (Å²) in [5.41, 5.74) is 7.44. The van der Waals surface area contributed by atoms with Gasteiger partial charge in [0, 0.05) is 22.9 Å². The fourth-order valence-corrected chi connectivity index (χ4v) is 5.87. The molecule has 74 heavy (non-hydrogen) atoms. The van der Waals surface area contributed by atoms with Crippen molar-refractivity contribution in [2.45, 2.75) is 102 Å². The van der Waals surface area contributed by atoms with Crippen LogP contribution in [-0.4, -0.2) is 105 Å². The Bertz CT molecular complexity index is 2650. The van der Waals surface area contributed by atoms with Crippen LogP contribution in [0.4, 0.5) is 22.7 Å². The largest absolute Gasteiger partial charge is 0.492 e. The third-order valence-corrected chi connectivity index (χ3v) is 8.70. The minimum atomic E-state index is -0.632. The average Bonchev–Trinajstić information content (AvgIpc) is 3.30. The number of carbonyl (C=O) groups excluding carboxylic acids is 4. The number of amides is 2. The Labute approximate surface area is 440 Å². The number of hydrogen-bond donors (Lipinski definition) is 3. The van der Waals surface area contributed by atoms with Gasteiger partial charge in [-0.25, -0.2) is 9.59 Å². The van der Waals surface area contributed by atoms with Crippen LogP contribution in [0.25, 0.3) is 0 Å². The molecule has 4 aromatic carbocycles. The maximum absolute atomic E-state index is 13.0. The number of anilines is 3.